The van der Waals surface area contributed by atoms with Crippen LogP contribution in [0.1, 0.15) is 25.0 Å². The highest BCUT2D eigenvalue weighted by Gasteiger charge is 2.36. The summed E-state index contributed by atoms with van der Waals surface area (Å²) in [5, 5.41) is 9.08. The predicted octanol–water partition coefficient (Wildman–Crippen LogP) is 1.47. The van der Waals surface area contributed by atoms with Gasteiger partial charge >= 0.3 is 7.41 Å². The first kappa shape index (κ1) is 10.8. The molecule has 1 aromatic carbocycles. The van der Waals surface area contributed by atoms with Crippen LogP contribution in [0.3, 0.4) is 0 Å². The molecule has 0 unspecified atom stereocenters. The minimum Gasteiger partial charge on any atom is -0.410 e. The van der Waals surface area contributed by atoms with Gasteiger partial charge in [0.2, 0.25) is 0 Å². The fraction of sp³-hybridized carbons (Fsp3) is 0.333. The lowest BCUT2D eigenvalue weighted by molar-refractivity contribution is 0.565. The third-order valence-electron chi connectivity index (χ3n) is 2.98. The fourth-order valence-electron chi connectivity index (χ4n) is 2.28. The number of nitrogens with zero attached hydrogens (tertiary/aromatic N) is 2. The van der Waals surface area contributed by atoms with E-state index in [2.05, 4.69) is 19.9 Å². The van der Waals surface area contributed by atoms with Crippen molar-refractivity contribution in [1.82, 2.24) is 0 Å². The molecular formula is C12H12BN2O. The van der Waals surface area contributed by atoms with Crippen molar-refractivity contribution < 1.29 is 4.79 Å². The smallest absolute Gasteiger partial charge is 0.329 e. The van der Waals surface area contributed by atoms with Gasteiger partial charge in [-0.2, -0.15) is 5.26 Å². The molecule has 79 valence electrons. The molecule has 1 radical (unpaired) electrons. The van der Waals surface area contributed by atoms with E-state index in [4.69, 9.17) is 5.26 Å². The lowest BCUT2D eigenvalue weighted by atomic mass is 9.86. The van der Waals surface area contributed by atoms with E-state index >= 15 is 0 Å². The van der Waals surface area contributed by atoms with Gasteiger partial charge in [0.05, 0.1) is 5.56 Å². The van der Waals surface area contributed by atoms with E-state index in [1.807, 2.05) is 16.9 Å². The number of carbonyl (C=O) groups excluding carboxylic acids is 1. The zero-order chi connectivity index (χ0) is 11.8. The summed E-state index contributed by atoms with van der Waals surface area (Å²) in [4.78, 5) is 12.5. The Morgan fingerprint density at radius 1 is 1.56 bits per heavy atom. The van der Waals surface area contributed by atoms with E-state index in [-0.39, 0.29) is 5.41 Å². The Labute approximate surface area is 95.9 Å². The Kier molecular flexibility index (Phi) is 2.47. The topological polar surface area (TPSA) is 44.1 Å². The Morgan fingerprint density at radius 2 is 2.31 bits per heavy atom. The summed E-state index contributed by atoms with van der Waals surface area (Å²) in [5.41, 5.74) is 2.61. The van der Waals surface area contributed by atoms with E-state index in [9.17, 15) is 4.79 Å². The maximum atomic E-state index is 10.6. The van der Waals surface area contributed by atoms with Crippen LogP contribution in [0.4, 0.5) is 5.69 Å². The highest BCUT2D eigenvalue weighted by Crippen LogP contribution is 2.41. The molecule has 16 heavy (non-hydrogen) atoms. The highest BCUT2D eigenvalue weighted by atomic mass is 16.1. The van der Waals surface area contributed by atoms with Crippen LogP contribution in [0.25, 0.3) is 0 Å². The number of anilines is 1. The first-order valence-electron chi connectivity index (χ1n) is 5.19. The zero-order valence-electron chi connectivity index (χ0n) is 9.40. The maximum Gasteiger partial charge on any atom is 0.329 e. The zero-order valence-corrected chi connectivity index (χ0v) is 9.40. The molecule has 0 spiro atoms. The van der Waals surface area contributed by atoms with Crippen LogP contribution in [-0.2, 0) is 10.2 Å². The quantitative estimate of drug-likeness (QED) is 0.549. The molecule has 1 aliphatic heterocycles. The number of benzene rings is 1. The molecule has 0 saturated carbocycles. The van der Waals surface area contributed by atoms with Crippen molar-refractivity contribution in [2.75, 3.05) is 11.4 Å². The third-order valence-corrected chi connectivity index (χ3v) is 2.98. The molecule has 3 nitrogen and oxygen atoms in total. The molecule has 0 saturated heterocycles. The average Bonchev–Trinajstić information content (AvgIpc) is 2.51. The minimum absolute atomic E-state index is 0.0261. The standard InChI is InChI=1S/C12H12BN2O/c1-12(2)7-15(13-8-16)11-9(6-14)4-3-5-10(11)12/h3-5,8H,7H2,1-2H3. The van der Waals surface area contributed by atoms with Gasteiger partial charge in [-0.25, -0.2) is 0 Å². The van der Waals surface area contributed by atoms with Crippen LogP contribution in [0, 0.1) is 11.3 Å². The Hall–Kier alpha value is -1.76. The van der Waals surface area contributed by atoms with E-state index in [0.29, 0.717) is 5.56 Å². The molecule has 0 N–H and O–H groups in total. The van der Waals surface area contributed by atoms with Crippen LogP contribution < -0.4 is 4.81 Å². The summed E-state index contributed by atoms with van der Waals surface area (Å²) in [6.07, 6.45) is 0.763. The molecule has 0 amide bonds. The van der Waals surface area contributed by atoms with Crippen LogP contribution >= 0.6 is 0 Å². The number of fused-ring (bicyclic) bond motifs is 1. The fourth-order valence-corrected chi connectivity index (χ4v) is 2.28. The number of para-hydroxylation sites is 1. The molecule has 0 aromatic heterocycles. The minimum atomic E-state index is -0.0261. The molecule has 0 fully saturated rings. The van der Waals surface area contributed by atoms with Crippen molar-refractivity contribution >= 4 is 19.3 Å². The Morgan fingerprint density at radius 3 is 2.94 bits per heavy atom. The summed E-state index contributed by atoms with van der Waals surface area (Å²) in [6, 6.07) is 7.87. The van der Waals surface area contributed by atoms with Crippen LogP contribution in [-0.4, -0.2) is 20.1 Å². The van der Waals surface area contributed by atoms with Gasteiger partial charge in [0.15, 0.2) is 0 Å². The number of hydrogen-bond donors (Lipinski definition) is 0. The largest absolute Gasteiger partial charge is 0.410 e. The van der Waals surface area contributed by atoms with Crippen molar-refractivity contribution in [2.45, 2.75) is 19.3 Å². The molecule has 0 bridgehead atoms. The second kappa shape index (κ2) is 3.68. The molecule has 0 atom stereocenters. The molecule has 4 heteroatoms. The second-order valence-corrected chi connectivity index (χ2v) is 4.61. The number of rotatable bonds is 2. The van der Waals surface area contributed by atoms with E-state index < -0.39 is 0 Å². The first-order valence-corrected chi connectivity index (χ1v) is 5.19. The third kappa shape index (κ3) is 1.49. The van der Waals surface area contributed by atoms with Gasteiger partial charge < -0.3 is 9.61 Å². The lowest BCUT2D eigenvalue weighted by Crippen LogP contribution is -2.32. The van der Waals surface area contributed by atoms with Crippen molar-refractivity contribution in [1.29, 1.82) is 5.26 Å². The van der Waals surface area contributed by atoms with E-state index in [1.165, 1.54) is 7.41 Å². The van der Waals surface area contributed by atoms with Gasteiger partial charge in [0.25, 0.3) is 0 Å². The van der Waals surface area contributed by atoms with Gasteiger partial charge in [-0.05, 0) is 11.6 Å². The van der Waals surface area contributed by atoms with Gasteiger partial charge in [0.1, 0.15) is 12.3 Å². The van der Waals surface area contributed by atoms with Crippen molar-refractivity contribution in [3.63, 3.8) is 0 Å². The predicted molar refractivity (Wildman–Crippen MR) is 64.0 cm³/mol. The summed E-state index contributed by atoms with van der Waals surface area (Å²) in [7, 11) is 1.49. The van der Waals surface area contributed by atoms with Gasteiger partial charge in [-0.1, -0.05) is 26.0 Å². The molecule has 1 aliphatic rings. The van der Waals surface area contributed by atoms with Crippen LogP contribution in [0.2, 0.25) is 0 Å². The summed E-state index contributed by atoms with van der Waals surface area (Å²) < 4.78 is 0. The summed E-state index contributed by atoms with van der Waals surface area (Å²) in [6.45, 7) is 4.97. The monoisotopic (exact) mass is 211 g/mol. The SMILES string of the molecule is CC1(C)CN([B]C=O)c2c(C#N)cccc21. The number of hydrogen-bond acceptors (Lipinski definition) is 3. The van der Waals surface area contributed by atoms with Gasteiger partial charge in [-0.15, -0.1) is 0 Å². The van der Waals surface area contributed by atoms with Crippen molar-refractivity contribution in [3.05, 3.63) is 29.3 Å². The normalized spacial score (nSPS) is 16.4. The molecule has 0 aliphatic carbocycles. The maximum absolute atomic E-state index is 10.6. The lowest BCUT2D eigenvalue weighted by Gasteiger charge is -2.20. The first-order chi connectivity index (χ1) is 7.60. The Bertz CT molecular complexity index is 476. The van der Waals surface area contributed by atoms with Gasteiger partial charge in [-0.3, -0.25) is 0 Å². The second-order valence-electron chi connectivity index (χ2n) is 4.61. The number of nitriles is 1. The summed E-state index contributed by atoms with van der Waals surface area (Å²) >= 11 is 0. The van der Waals surface area contributed by atoms with Crippen molar-refractivity contribution in [3.8, 4) is 6.07 Å². The van der Waals surface area contributed by atoms with Gasteiger partial charge in [0, 0.05) is 17.6 Å². The van der Waals surface area contributed by atoms with Crippen molar-refractivity contribution in [2.24, 2.45) is 0 Å². The summed E-state index contributed by atoms with van der Waals surface area (Å²) in [5.74, 6) is 0. The molecule has 1 heterocycles. The van der Waals surface area contributed by atoms with Crippen LogP contribution in [0.15, 0.2) is 18.2 Å². The van der Waals surface area contributed by atoms with Crippen LogP contribution in [0.5, 0.6) is 0 Å². The average molecular weight is 211 g/mol. The van der Waals surface area contributed by atoms with E-state index in [0.717, 1.165) is 24.0 Å². The highest BCUT2D eigenvalue weighted by molar-refractivity contribution is 6.70. The molecule has 1 aromatic rings. The molecular weight excluding hydrogens is 199 g/mol. The Balaban J connectivity index is 2.59. The molecule has 2 rings (SSSR count). The number of carbonyl (C=O) groups is 1. The van der Waals surface area contributed by atoms with E-state index in [1.54, 1.807) is 6.07 Å².